The topological polar surface area (TPSA) is 78.4 Å². The summed E-state index contributed by atoms with van der Waals surface area (Å²) in [5, 5.41) is 14.6. The Morgan fingerprint density at radius 1 is 1.37 bits per heavy atom. The van der Waals surface area contributed by atoms with E-state index in [0.717, 1.165) is 19.3 Å². The molecule has 1 aliphatic carbocycles. The summed E-state index contributed by atoms with van der Waals surface area (Å²) >= 11 is 0. The SMILES string of the molecule is C#CC(CC)NC(=O)NC1CCCCCC1C(=O)O. The zero-order valence-electron chi connectivity index (χ0n) is 11.3. The standard InChI is InChI=1S/C14H22N2O3/c1-3-10(4-2)15-14(19)16-12-9-7-5-6-8-11(12)13(17)18/h1,10-12H,4-9H2,2H3,(H,17,18)(H2,15,16,19). The van der Waals surface area contributed by atoms with E-state index < -0.39 is 11.9 Å². The van der Waals surface area contributed by atoms with E-state index >= 15 is 0 Å². The van der Waals surface area contributed by atoms with Crippen LogP contribution < -0.4 is 10.6 Å². The van der Waals surface area contributed by atoms with Gasteiger partial charge in [-0.25, -0.2) is 4.79 Å². The lowest BCUT2D eigenvalue weighted by atomic mass is 9.95. The molecule has 0 radical (unpaired) electrons. The highest BCUT2D eigenvalue weighted by Gasteiger charge is 2.30. The van der Waals surface area contributed by atoms with Crippen molar-refractivity contribution in [3.05, 3.63) is 0 Å². The third-order valence-corrected chi connectivity index (χ3v) is 3.56. The van der Waals surface area contributed by atoms with Gasteiger partial charge in [0.1, 0.15) is 0 Å². The molecule has 0 aromatic heterocycles. The first kappa shape index (κ1) is 15.4. The van der Waals surface area contributed by atoms with Crippen LogP contribution in [0.2, 0.25) is 0 Å². The molecule has 3 atom stereocenters. The number of hydrogen-bond donors (Lipinski definition) is 3. The number of hydrogen-bond acceptors (Lipinski definition) is 2. The van der Waals surface area contributed by atoms with E-state index in [1.54, 1.807) is 0 Å². The minimum Gasteiger partial charge on any atom is -0.481 e. The van der Waals surface area contributed by atoms with Crippen molar-refractivity contribution < 1.29 is 14.7 Å². The third kappa shape index (κ3) is 4.82. The van der Waals surface area contributed by atoms with E-state index in [0.29, 0.717) is 19.3 Å². The van der Waals surface area contributed by atoms with Crippen molar-refractivity contribution in [2.24, 2.45) is 5.92 Å². The van der Waals surface area contributed by atoms with Gasteiger partial charge in [0.25, 0.3) is 0 Å². The lowest BCUT2D eigenvalue weighted by Gasteiger charge is -2.23. The second-order valence-electron chi connectivity index (χ2n) is 4.93. The Hall–Kier alpha value is -1.70. The number of urea groups is 1. The summed E-state index contributed by atoms with van der Waals surface area (Å²) in [5.41, 5.74) is 0. The molecule has 1 saturated carbocycles. The number of carboxylic acid groups (broad SMARTS) is 1. The first-order chi connectivity index (χ1) is 9.08. The van der Waals surface area contributed by atoms with Gasteiger partial charge >= 0.3 is 12.0 Å². The molecular weight excluding hydrogens is 244 g/mol. The molecule has 0 aromatic rings. The Labute approximate surface area is 114 Å². The number of rotatable bonds is 4. The van der Waals surface area contributed by atoms with Crippen LogP contribution in [0.5, 0.6) is 0 Å². The Kier molecular flexibility index (Phi) is 6.20. The van der Waals surface area contributed by atoms with Gasteiger partial charge in [-0.15, -0.1) is 6.42 Å². The van der Waals surface area contributed by atoms with Crippen LogP contribution in [0.3, 0.4) is 0 Å². The summed E-state index contributed by atoms with van der Waals surface area (Å²) < 4.78 is 0. The molecule has 1 aliphatic rings. The summed E-state index contributed by atoms with van der Waals surface area (Å²) in [5.74, 6) is 1.14. The summed E-state index contributed by atoms with van der Waals surface area (Å²) in [6.07, 6.45) is 10.1. The van der Waals surface area contributed by atoms with Gasteiger partial charge < -0.3 is 15.7 Å². The van der Waals surface area contributed by atoms with Crippen molar-refractivity contribution in [3.8, 4) is 12.3 Å². The van der Waals surface area contributed by atoms with Crippen molar-refractivity contribution in [1.82, 2.24) is 10.6 Å². The molecule has 0 aliphatic heterocycles. The Morgan fingerprint density at radius 3 is 2.63 bits per heavy atom. The maximum absolute atomic E-state index is 11.8. The van der Waals surface area contributed by atoms with Crippen LogP contribution in [0, 0.1) is 18.3 Å². The monoisotopic (exact) mass is 266 g/mol. The highest BCUT2D eigenvalue weighted by molar-refractivity contribution is 5.77. The normalized spacial score (nSPS) is 24.6. The number of aliphatic carboxylic acids is 1. The Morgan fingerprint density at radius 2 is 2.05 bits per heavy atom. The van der Waals surface area contributed by atoms with Crippen molar-refractivity contribution >= 4 is 12.0 Å². The maximum Gasteiger partial charge on any atom is 0.316 e. The molecule has 5 nitrogen and oxygen atoms in total. The average Bonchev–Trinajstić information content (AvgIpc) is 2.61. The summed E-state index contributed by atoms with van der Waals surface area (Å²) in [6, 6.07) is -0.993. The maximum atomic E-state index is 11.8. The van der Waals surface area contributed by atoms with Crippen LogP contribution in [-0.4, -0.2) is 29.2 Å². The highest BCUT2D eigenvalue weighted by atomic mass is 16.4. The highest BCUT2D eigenvalue weighted by Crippen LogP contribution is 2.23. The van der Waals surface area contributed by atoms with E-state index in [-0.39, 0.29) is 18.1 Å². The fourth-order valence-corrected chi connectivity index (χ4v) is 2.41. The van der Waals surface area contributed by atoms with E-state index in [9.17, 15) is 14.7 Å². The first-order valence-electron chi connectivity index (χ1n) is 6.84. The van der Waals surface area contributed by atoms with Crippen LogP contribution >= 0.6 is 0 Å². The van der Waals surface area contributed by atoms with Crippen molar-refractivity contribution in [2.45, 2.75) is 57.5 Å². The fourth-order valence-electron chi connectivity index (χ4n) is 2.41. The van der Waals surface area contributed by atoms with Gasteiger partial charge in [-0.05, 0) is 19.3 Å². The third-order valence-electron chi connectivity index (χ3n) is 3.56. The van der Waals surface area contributed by atoms with Gasteiger partial charge in [-0.1, -0.05) is 32.1 Å². The number of terminal acetylenes is 1. The van der Waals surface area contributed by atoms with Crippen molar-refractivity contribution in [1.29, 1.82) is 0 Å². The van der Waals surface area contributed by atoms with Gasteiger partial charge in [0.05, 0.1) is 12.0 Å². The smallest absolute Gasteiger partial charge is 0.316 e. The predicted molar refractivity (Wildman–Crippen MR) is 72.6 cm³/mol. The lowest BCUT2D eigenvalue weighted by molar-refractivity contribution is -0.142. The molecule has 19 heavy (non-hydrogen) atoms. The first-order valence-corrected chi connectivity index (χ1v) is 6.84. The molecule has 1 fully saturated rings. The van der Waals surface area contributed by atoms with Gasteiger partial charge in [0.2, 0.25) is 0 Å². The van der Waals surface area contributed by atoms with Gasteiger partial charge in [0.15, 0.2) is 0 Å². The zero-order valence-corrected chi connectivity index (χ0v) is 11.3. The molecule has 3 unspecified atom stereocenters. The molecule has 5 heteroatoms. The second-order valence-corrected chi connectivity index (χ2v) is 4.93. The van der Waals surface area contributed by atoms with Crippen molar-refractivity contribution in [2.75, 3.05) is 0 Å². The molecule has 2 amide bonds. The summed E-state index contributed by atoms with van der Waals surface area (Å²) in [7, 11) is 0. The predicted octanol–water partition coefficient (Wildman–Crippen LogP) is 1.73. The van der Waals surface area contributed by atoms with Crippen LogP contribution in [-0.2, 0) is 4.79 Å². The van der Waals surface area contributed by atoms with Gasteiger partial charge in [0, 0.05) is 6.04 Å². The number of carboxylic acids is 1. The zero-order chi connectivity index (χ0) is 14.3. The van der Waals surface area contributed by atoms with Crippen LogP contribution in [0.25, 0.3) is 0 Å². The number of carbonyl (C=O) groups is 2. The Bertz CT molecular complexity index is 362. The van der Waals surface area contributed by atoms with E-state index in [1.807, 2.05) is 6.92 Å². The minimum atomic E-state index is -0.837. The van der Waals surface area contributed by atoms with Gasteiger partial charge in [-0.2, -0.15) is 0 Å². The lowest BCUT2D eigenvalue weighted by Crippen LogP contribution is -2.49. The number of nitrogens with one attached hydrogen (secondary N) is 2. The largest absolute Gasteiger partial charge is 0.481 e. The Balaban J connectivity index is 2.58. The molecule has 0 saturated heterocycles. The number of carbonyl (C=O) groups excluding carboxylic acids is 1. The summed E-state index contributed by atoms with van der Waals surface area (Å²) in [4.78, 5) is 23.0. The molecule has 3 N–H and O–H groups in total. The number of amides is 2. The quantitative estimate of drug-likeness (QED) is 0.535. The van der Waals surface area contributed by atoms with Gasteiger partial charge in [-0.3, -0.25) is 4.79 Å². The molecule has 0 spiro atoms. The second kappa shape index (κ2) is 7.67. The molecular formula is C14H22N2O3. The minimum absolute atomic E-state index is 0.310. The van der Waals surface area contributed by atoms with Crippen LogP contribution in [0.1, 0.15) is 45.4 Å². The van der Waals surface area contributed by atoms with Crippen LogP contribution in [0.15, 0.2) is 0 Å². The van der Waals surface area contributed by atoms with E-state index in [4.69, 9.17) is 6.42 Å². The molecule has 1 rings (SSSR count). The average molecular weight is 266 g/mol. The van der Waals surface area contributed by atoms with E-state index in [2.05, 4.69) is 16.6 Å². The van der Waals surface area contributed by atoms with Crippen LogP contribution in [0.4, 0.5) is 4.79 Å². The van der Waals surface area contributed by atoms with E-state index in [1.165, 1.54) is 0 Å². The summed E-state index contributed by atoms with van der Waals surface area (Å²) in [6.45, 7) is 1.89. The molecule has 106 valence electrons. The molecule has 0 aromatic carbocycles. The molecule has 0 bridgehead atoms. The van der Waals surface area contributed by atoms with Crippen molar-refractivity contribution in [3.63, 3.8) is 0 Å². The molecule has 0 heterocycles. The fraction of sp³-hybridized carbons (Fsp3) is 0.714.